The van der Waals surface area contributed by atoms with Gasteiger partial charge in [0.05, 0.1) is 6.10 Å². The van der Waals surface area contributed by atoms with Gasteiger partial charge in [-0.1, -0.05) is 0 Å². The number of hydrogen-bond acceptors (Lipinski definition) is 4. The van der Waals surface area contributed by atoms with Crippen LogP contribution in [0.15, 0.2) is 16.8 Å². The van der Waals surface area contributed by atoms with Crippen LogP contribution in [0.3, 0.4) is 0 Å². The molecule has 1 N–H and O–H groups in total. The van der Waals surface area contributed by atoms with Gasteiger partial charge in [0.25, 0.3) is 0 Å². The Bertz CT molecular complexity index is 327. The molecule has 1 aromatic heterocycles. The summed E-state index contributed by atoms with van der Waals surface area (Å²) in [4.78, 5) is 2.53. The molecule has 0 saturated carbocycles. The van der Waals surface area contributed by atoms with Crippen LogP contribution in [0.4, 0.5) is 0 Å². The summed E-state index contributed by atoms with van der Waals surface area (Å²) in [7, 11) is 0. The van der Waals surface area contributed by atoms with Crippen molar-refractivity contribution in [2.24, 2.45) is 0 Å². The molecular formula is C15H26N2OS. The zero-order valence-corrected chi connectivity index (χ0v) is 12.8. The summed E-state index contributed by atoms with van der Waals surface area (Å²) in [6.45, 7) is 8.59. The van der Waals surface area contributed by atoms with Crippen molar-refractivity contribution in [1.29, 1.82) is 0 Å². The fourth-order valence-corrected chi connectivity index (χ4v) is 3.32. The van der Waals surface area contributed by atoms with Gasteiger partial charge in [0.15, 0.2) is 0 Å². The SMILES string of the molecule is CCOC1CCCN(CCNCCc2ccsc2)C1. The molecule has 19 heavy (non-hydrogen) atoms. The van der Waals surface area contributed by atoms with Crippen LogP contribution in [0.5, 0.6) is 0 Å². The summed E-state index contributed by atoms with van der Waals surface area (Å²) in [5, 5.41) is 7.92. The van der Waals surface area contributed by atoms with E-state index >= 15 is 0 Å². The van der Waals surface area contributed by atoms with E-state index in [9.17, 15) is 0 Å². The summed E-state index contributed by atoms with van der Waals surface area (Å²) in [6, 6.07) is 2.21. The minimum Gasteiger partial charge on any atom is -0.377 e. The van der Waals surface area contributed by atoms with Gasteiger partial charge in [-0.15, -0.1) is 0 Å². The minimum atomic E-state index is 0.463. The second-order valence-electron chi connectivity index (χ2n) is 5.15. The van der Waals surface area contributed by atoms with Gasteiger partial charge in [-0.05, 0) is 61.7 Å². The number of likely N-dealkylation sites (tertiary alicyclic amines) is 1. The zero-order chi connectivity index (χ0) is 13.3. The molecule has 4 heteroatoms. The van der Waals surface area contributed by atoms with Crippen molar-refractivity contribution in [3.63, 3.8) is 0 Å². The molecule has 0 aromatic carbocycles. The third kappa shape index (κ3) is 5.61. The maximum atomic E-state index is 5.73. The molecule has 1 unspecified atom stereocenters. The Kier molecular flexibility index (Phi) is 6.85. The second-order valence-corrected chi connectivity index (χ2v) is 5.93. The Labute approximate surface area is 121 Å². The zero-order valence-electron chi connectivity index (χ0n) is 11.9. The maximum absolute atomic E-state index is 5.73. The number of nitrogens with one attached hydrogen (secondary N) is 1. The molecule has 3 nitrogen and oxygen atoms in total. The molecule has 0 bridgehead atoms. The number of hydrogen-bond donors (Lipinski definition) is 1. The van der Waals surface area contributed by atoms with E-state index in [4.69, 9.17) is 4.74 Å². The van der Waals surface area contributed by atoms with Gasteiger partial charge in [-0.3, -0.25) is 4.90 Å². The first-order valence-electron chi connectivity index (χ1n) is 7.44. The highest BCUT2D eigenvalue weighted by atomic mass is 32.1. The van der Waals surface area contributed by atoms with Crippen molar-refractivity contribution in [3.8, 4) is 0 Å². The van der Waals surface area contributed by atoms with Crippen LogP contribution in [-0.4, -0.2) is 50.3 Å². The van der Waals surface area contributed by atoms with E-state index in [1.165, 1.54) is 24.9 Å². The molecule has 0 radical (unpaired) electrons. The molecule has 2 heterocycles. The first-order chi connectivity index (χ1) is 9.38. The van der Waals surface area contributed by atoms with Gasteiger partial charge < -0.3 is 10.1 Å². The Hall–Kier alpha value is -0.420. The lowest BCUT2D eigenvalue weighted by Gasteiger charge is -2.32. The van der Waals surface area contributed by atoms with Crippen LogP contribution >= 0.6 is 11.3 Å². The van der Waals surface area contributed by atoms with Crippen LogP contribution in [0, 0.1) is 0 Å². The number of rotatable bonds is 8. The van der Waals surface area contributed by atoms with Crippen LogP contribution in [0.2, 0.25) is 0 Å². The molecule has 0 aliphatic carbocycles. The number of piperidine rings is 1. The van der Waals surface area contributed by atoms with E-state index in [-0.39, 0.29) is 0 Å². The number of thiophene rings is 1. The topological polar surface area (TPSA) is 24.5 Å². The van der Waals surface area contributed by atoms with Crippen molar-refractivity contribution in [3.05, 3.63) is 22.4 Å². The van der Waals surface area contributed by atoms with E-state index in [1.54, 1.807) is 11.3 Å². The summed E-state index contributed by atoms with van der Waals surface area (Å²) < 4.78 is 5.73. The number of ether oxygens (including phenoxy) is 1. The van der Waals surface area contributed by atoms with Crippen molar-refractivity contribution in [2.75, 3.05) is 39.3 Å². The lowest BCUT2D eigenvalue weighted by Crippen LogP contribution is -2.42. The van der Waals surface area contributed by atoms with E-state index in [2.05, 4.69) is 34.0 Å². The van der Waals surface area contributed by atoms with Gasteiger partial charge >= 0.3 is 0 Å². The molecule has 1 fully saturated rings. The molecule has 1 atom stereocenters. The van der Waals surface area contributed by atoms with Gasteiger partial charge in [0.2, 0.25) is 0 Å². The summed E-state index contributed by atoms with van der Waals surface area (Å²) in [5.74, 6) is 0. The fourth-order valence-electron chi connectivity index (χ4n) is 2.62. The second kappa shape index (κ2) is 8.69. The largest absolute Gasteiger partial charge is 0.377 e. The van der Waals surface area contributed by atoms with Crippen LogP contribution in [0.1, 0.15) is 25.3 Å². The standard InChI is InChI=1S/C15H26N2OS/c1-2-18-15-4-3-9-17(12-15)10-8-16-7-5-14-6-11-19-13-14/h6,11,13,15-16H,2-5,7-10,12H2,1H3. The minimum absolute atomic E-state index is 0.463. The molecule has 0 amide bonds. The van der Waals surface area contributed by atoms with E-state index in [0.29, 0.717) is 6.10 Å². The first-order valence-corrected chi connectivity index (χ1v) is 8.38. The fraction of sp³-hybridized carbons (Fsp3) is 0.733. The van der Waals surface area contributed by atoms with Crippen molar-refractivity contribution < 1.29 is 4.74 Å². The van der Waals surface area contributed by atoms with Crippen LogP contribution in [0.25, 0.3) is 0 Å². The number of nitrogens with zero attached hydrogens (tertiary/aromatic N) is 1. The molecule has 1 aromatic rings. The average molecular weight is 282 g/mol. The smallest absolute Gasteiger partial charge is 0.0702 e. The first kappa shape index (κ1) is 15.0. The molecule has 1 aliphatic rings. The Morgan fingerprint density at radius 1 is 1.47 bits per heavy atom. The highest BCUT2D eigenvalue weighted by Crippen LogP contribution is 2.12. The molecule has 1 aliphatic heterocycles. The van der Waals surface area contributed by atoms with E-state index in [1.807, 2.05) is 0 Å². The third-order valence-corrected chi connectivity index (χ3v) is 4.37. The average Bonchev–Trinajstić information content (AvgIpc) is 2.92. The third-order valence-electron chi connectivity index (χ3n) is 3.64. The van der Waals surface area contributed by atoms with E-state index in [0.717, 1.165) is 39.2 Å². The van der Waals surface area contributed by atoms with Crippen LogP contribution in [-0.2, 0) is 11.2 Å². The summed E-state index contributed by atoms with van der Waals surface area (Å²) in [6.07, 6.45) is 4.12. The summed E-state index contributed by atoms with van der Waals surface area (Å²) in [5.41, 5.74) is 1.45. The van der Waals surface area contributed by atoms with E-state index < -0.39 is 0 Å². The Morgan fingerprint density at radius 2 is 2.42 bits per heavy atom. The van der Waals surface area contributed by atoms with Crippen molar-refractivity contribution in [2.45, 2.75) is 32.3 Å². The molecule has 1 saturated heterocycles. The lowest BCUT2D eigenvalue weighted by atomic mass is 10.1. The maximum Gasteiger partial charge on any atom is 0.0702 e. The van der Waals surface area contributed by atoms with Gasteiger partial charge in [-0.25, -0.2) is 0 Å². The quantitative estimate of drug-likeness (QED) is 0.741. The van der Waals surface area contributed by atoms with Gasteiger partial charge in [-0.2, -0.15) is 11.3 Å². The molecule has 108 valence electrons. The predicted octanol–water partition coefficient (Wildman–Crippen LogP) is 2.38. The lowest BCUT2D eigenvalue weighted by molar-refractivity contribution is 0.00638. The Morgan fingerprint density at radius 3 is 3.21 bits per heavy atom. The predicted molar refractivity (Wildman–Crippen MR) is 82.0 cm³/mol. The van der Waals surface area contributed by atoms with Crippen LogP contribution < -0.4 is 5.32 Å². The molecule has 0 spiro atoms. The monoisotopic (exact) mass is 282 g/mol. The summed E-state index contributed by atoms with van der Waals surface area (Å²) >= 11 is 1.78. The highest BCUT2D eigenvalue weighted by Gasteiger charge is 2.19. The Balaban J connectivity index is 1.52. The molecular weight excluding hydrogens is 256 g/mol. The highest BCUT2D eigenvalue weighted by molar-refractivity contribution is 7.07. The van der Waals surface area contributed by atoms with Gasteiger partial charge in [0, 0.05) is 26.2 Å². The van der Waals surface area contributed by atoms with Crippen molar-refractivity contribution in [1.82, 2.24) is 10.2 Å². The van der Waals surface area contributed by atoms with Crippen molar-refractivity contribution >= 4 is 11.3 Å². The molecule has 2 rings (SSSR count). The van der Waals surface area contributed by atoms with Gasteiger partial charge in [0.1, 0.15) is 0 Å². The normalized spacial score (nSPS) is 20.8.